The first-order valence-corrected chi connectivity index (χ1v) is 5.01. The second-order valence-electron chi connectivity index (χ2n) is 4.77. The molecule has 4 N–H and O–H groups in total. The fourth-order valence-corrected chi connectivity index (χ4v) is 1.26. The smallest absolute Gasteiger partial charge is 0.242 e. The molecule has 5 nitrogen and oxygen atoms in total. The highest BCUT2D eigenvalue weighted by Crippen LogP contribution is 2.07. The van der Waals surface area contributed by atoms with E-state index in [-0.39, 0.29) is 18.4 Å². The van der Waals surface area contributed by atoms with Crippen LogP contribution in [-0.2, 0) is 9.59 Å². The normalized spacial score (nSPS) is 11.6. The lowest BCUT2D eigenvalue weighted by Gasteiger charge is -2.29. The predicted octanol–water partition coefficient (Wildman–Crippen LogP) is -0.306. The zero-order valence-electron chi connectivity index (χ0n) is 9.91. The van der Waals surface area contributed by atoms with Gasteiger partial charge in [-0.3, -0.25) is 9.59 Å². The second-order valence-corrected chi connectivity index (χ2v) is 4.77. The topological polar surface area (TPSA) is 89.4 Å². The van der Waals surface area contributed by atoms with Crippen molar-refractivity contribution in [1.82, 2.24) is 4.90 Å². The van der Waals surface area contributed by atoms with Crippen LogP contribution in [0.4, 0.5) is 0 Å². The molecule has 0 radical (unpaired) electrons. The third-order valence-corrected chi connectivity index (χ3v) is 1.77. The van der Waals surface area contributed by atoms with E-state index in [0.29, 0.717) is 6.54 Å². The third-order valence-electron chi connectivity index (χ3n) is 1.77. The molecule has 0 aromatic heterocycles. The Balaban J connectivity index is 4.62. The molecule has 2 amide bonds. The zero-order valence-corrected chi connectivity index (χ0v) is 9.91. The number of primary amides is 1. The average Bonchev–Trinajstić information content (AvgIpc) is 1.98. The summed E-state index contributed by atoms with van der Waals surface area (Å²) >= 11 is 0. The van der Waals surface area contributed by atoms with E-state index in [1.165, 1.54) is 4.90 Å². The maximum atomic E-state index is 11.8. The van der Waals surface area contributed by atoms with Gasteiger partial charge in [-0.15, -0.1) is 0 Å². The number of carbonyl (C=O) groups is 2. The fraction of sp³-hybridized carbons (Fsp3) is 0.800. The second kappa shape index (κ2) is 5.11. The number of nitrogens with two attached hydrogens (primary N) is 2. The molecular formula is C10H21N3O2. The van der Waals surface area contributed by atoms with Crippen molar-refractivity contribution in [3.63, 3.8) is 0 Å². The molecule has 15 heavy (non-hydrogen) atoms. The monoisotopic (exact) mass is 215 g/mol. The van der Waals surface area contributed by atoms with Crippen LogP contribution in [0.25, 0.3) is 0 Å². The van der Waals surface area contributed by atoms with Crippen molar-refractivity contribution in [2.24, 2.45) is 17.4 Å². The highest BCUT2D eigenvalue weighted by Gasteiger charge is 2.28. The number of hydrogen-bond acceptors (Lipinski definition) is 3. The Labute approximate surface area is 90.8 Å². The lowest BCUT2D eigenvalue weighted by Crippen LogP contribution is -2.53. The number of nitrogens with zero attached hydrogens (tertiary/aromatic N) is 1. The maximum Gasteiger partial charge on any atom is 0.242 e. The summed E-state index contributed by atoms with van der Waals surface area (Å²) in [5.74, 6) is -0.501. The van der Waals surface area contributed by atoms with Gasteiger partial charge in [0.2, 0.25) is 11.8 Å². The molecule has 88 valence electrons. The number of rotatable bonds is 5. The molecule has 0 aliphatic heterocycles. The largest absolute Gasteiger partial charge is 0.368 e. The van der Waals surface area contributed by atoms with Gasteiger partial charge in [0.05, 0.1) is 12.1 Å². The zero-order chi connectivity index (χ0) is 12.2. The Hall–Kier alpha value is -1.10. The van der Waals surface area contributed by atoms with Crippen LogP contribution in [0.1, 0.15) is 27.7 Å². The molecule has 0 atom stereocenters. The molecule has 0 saturated carbocycles. The van der Waals surface area contributed by atoms with Crippen LogP contribution in [0.15, 0.2) is 0 Å². The molecule has 0 unspecified atom stereocenters. The van der Waals surface area contributed by atoms with E-state index >= 15 is 0 Å². The molecule has 0 spiro atoms. The van der Waals surface area contributed by atoms with Gasteiger partial charge in [0.15, 0.2) is 0 Å². The van der Waals surface area contributed by atoms with E-state index in [2.05, 4.69) is 0 Å². The van der Waals surface area contributed by atoms with Crippen molar-refractivity contribution in [2.45, 2.75) is 33.2 Å². The van der Waals surface area contributed by atoms with Crippen molar-refractivity contribution in [3.8, 4) is 0 Å². The van der Waals surface area contributed by atoms with E-state index in [1.54, 1.807) is 13.8 Å². The summed E-state index contributed by atoms with van der Waals surface area (Å²) in [6.45, 7) is 7.57. The van der Waals surface area contributed by atoms with E-state index in [0.717, 1.165) is 0 Å². The first-order valence-electron chi connectivity index (χ1n) is 5.01. The van der Waals surface area contributed by atoms with Crippen LogP contribution in [0.2, 0.25) is 0 Å². The molecular weight excluding hydrogens is 194 g/mol. The van der Waals surface area contributed by atoms with E-state index < -0.39 is 11.4 Å². The molecule has 5 heteroatoms. The van der Waals surface area contributed by atoms with E-state index in [9.17, 15) is 9.59 Å². The van der Waals surface area contributed by atoms with Gasteiger partial charge in [-0.1, -0.05) is 13.8 Å². The lowest BCUT2D eigenvalue weighted by atomic mass is 10.0. The van der Waals surface area contributed by atoms with Gasteiger partial charge in [-0.2, -0.15) is 0 Å². The summed E-state index contributed by atoms with van der Waals surface area (Å²) in [4.78, 5) is 24.0. The number of carbonyl (C=O) groups excluding carboxylic acids is 2. The summed E-state index contributed by atoms with van der Waals surface area (Å²) in [5, 5.41) is 0. The van der Waals surface area contributed by atoms with Crippen molar-refractivity contribution in [3.05, 3.63) is 0 Å². The predicted molar refractivity (Wildman–Crippen MR) is 58.9 cm³/mol. The van der Waals surface area contributed by atoms with Gasteiger partial charge in [-0.05, 0) is 19.8 Å². The van der Waals surface area contributed by atoms with Gasteiger partial charge < -0.3 is 16.4 Å². The first-order chi connectivity index (χ1) is 6.64. The summed E-state index contributed by atoms with van der Waals surface area (Å²) in [7, 11) is 0. The highest BCUT2D eigenvalue weighted by atomic mass is 16.2. The third kappa shape index (κ3) is 5.37. The minimum atomic E-state index is -0.968. The Kier molecular flexibility index (Phi) is 4.74. The van der Waals surface area contributed by atoms with Crippen LogP contribution in [0, 0.1) is 5.92 Å². The van der Waals surface area contributed by atoms with Crippen LogP contribution >= 0.6 is 0 Å². The molecule has 0 bridgehead atoms. The first kappa shape index (κ1) is 13.9. The molecule has 0 saturated heterocycles. The van der Waals surface area contributed by atoms with Crippen LogP contribution < -0.4 is 11.5 Å². The highest BCUT2D eigenvalue weighted by molar-refractivity contribution is 5.89. The molecule has 0 aromatic carbocycles. The number of amides is 2. The Bertz CT molecular complexity index is 244. The van der Waals surface area contributed by atoms with Crippen LogP contribution in [-0.4, -0.2) is 35.3 Å². The summed E-state index contributed by atoms with van der Waals surface area (Å²) in [5.41, 5.74) is 9.80. The summed E-state index contributed by atoms with van der Waals surface area (Å²) < 4.78 is 0. The Morgan fingerprint density at radius 2 is 1.80 bits per heavy atom. The van der Waals surface area contributed by atoms with Crippen molar-refractivity contribution < 1.29 is 9.59 Å². The van der Waals surface area contributed by atoms with Gasteiger partial charge in [0.25, 0.3) is 0 Å². The molecule has 0 aliphatic carbocycles. The van der Waals surface area contributed by atoms with E-state index in [1.807, 2.05) is 13.8 Å². The molecule has 0 aliphatic rings. The quantitative estimate of drug-likeness (QED) is 0.659. The summed E-state index contributed by atoms with van der Waals surface area (Å²) in [6.07, 6.45) is 0. The fourth-order valence-electron chi connectivity index (χ4n) is 1.26. The van der Waals surface area contributed by atoms with Crippen LogP contribution in [0.3, 0.4) is 0 Å². The van der Waals surface area contributed by atoms with Crippen molar-refractivity contribution >= 4 is 11.8 Å². The van der Waals surface area contributed by atoms with Gasteiger partial charge in [0, 0.05) is 6.54 Å². The minimum absolute atomic E-state index is 0.0718. The van der Waals surface area contributed by atoms with Crippen molar-refractivity contribution in [1.29, 1.82) is 0 Å². The Morgan fingerprint density at radius 3 is 2.07 bits per heavy atom. The maximum absolute atomic E-state index is 11.8. The lowest BCUT2D eigenvalue weighted by molar-refractivity contribution is -0.139. The van der Waals surface area contributed by atoms with Gasteiger partial charge in [0.1, 0.15) is 0 Å². The average molecular weight is 215 g/mol. The van der Waals surface area contributed by atoms with E-state index in [4.69, 9.17) is 11.5 Å². The Morgan fingerprint density at radius 1 is 1.33 bits per heavy atom. The molecule has 0 heterocycles. The molecule has 0 aromatic rings. The van der Waals surface area contributed by atoms with Gasteiger partial charge in [-0.25, -0.2) is 0 Å². The number of hydrogen-bond donors (Lipinski definition) is 2. The van der Waals surface area contributed by atoms with Crippen molar-refractivity contribution in [2.75, 3.05) is 13.1 Å². The van der Waals surface area contributed by atoms with Gasteiger partial charge >= 0.3 is 0 Å². The van der Waals surface area contributed by atoms with Crippen LogP contribution in [0.5, 0.6) is 0 Å². The SMILES string of the molecule is CC(C)CN(CC(N)=O)C(=O)C(C)(C)N. The summed E-state index contributed by atoms with van der Waals surface area (Å²) in [6, 6.07) is 0. The minimum Gasteiger partial charge on any atom is -0.368 e. The standard InChI is InChI=1S/C10H21N3O2/c1-7(2)5-13(6-8(11)14)9(15)10(3,4)12/h7H,5-6,12H2,1-4H3,(H2,11,14). The molecule has 0 rings (SSSR count). The molecule has 0 fully saturated rings.